The lowest BCUT2D eigenvalue weighted by atomic mass is 10.1. The summed E-state index contributed by atoms with van der Waals surface area (Å²) in [6.07, 6.45) is 3.06. The molecule has 0 saturated carbocycles. The maximum atomic E-state index is 13.8. The fourth-order valence-corrected chi connectivity index (χ4v) is 10.1. The number of carbonyl (C=O) groups excluding carboxylic acids is 2. The molecule has 8 rings (SSSR count). The number of allylic oxidation sites excluding steroid dienone is 1. The molecule has 1 unspecified atom stereocenters. The van der Waals surface area contributed by atoms with Crippen molar-refractivity contribution in [3.8, 4) is 26.9 Å². The summed E-state index contributed by atoms with van der Waals surface area (Å²) < 4.78 is 8.73. The van der Waals surface area contributed by atoms with Gasteiger partial charge in [0, 0.05) is 16.3 Å². The second kappa shape index (κ2) is 18.8. The lowest BCUT2D eigenvalue weighted by Gasteiger charge is -2.23. The number of rotatable bonds is 16. The molecule has 0 fully saturated rings. The van der Waals surface area contributed by atoms with Crippen molar-refractivity contribution in [1.82, 2.24) is 29.5 Å². The predicted molar refractivity (Wildman–Crippen MR) is 245 cm³/mol. The summed E-state index contributed by atoms with van der Waals surface area (Å²) in [5.74, 6) is 2.33. The van der Waals surface area contributed by atoms with Crippen LogP contribution in [0.3, 0.4) is 0 Å². The minimum atomic E-state index is -0.842. The molecule has 11 nitrogen and oxygen atoms in total. The molecule has 4 heterocycles. The van der Waals surface area contributed by atoms with Crippen molar-refractivity contribution in [2.75, 3.05) is 23.5 Å². The number of hydrogen-bond donors (Lipinski definition) is 2. The lowest BCUT2D eigenvalue weighted by molar-refractivity contribution is -0.117. The highest BCUT2D eigenvalue weighted by atomic mass is 32.2. The summed E-state index contributed by atoms with van der Waals surface area (Å²) in [6.45, 7) is 4.97. The molecule has 1 atom stereocenters. The second-order valence-electron chi connectivity index (χ2n) is 14.4. The Morgan fingerprint density at radius 3 is 2.13 bits per heavy atom. The molecule has 1 aliphatic heterocycles. The van der Waals surface area contributed by atoms with Gasteiger partial charge in [0.2, 0.25) is 11.8 Å². The number of ether oxygens (including phenoxy) is 1. The molecule has 15 heteroatoms. The minimum Gasteiger partial charge on any atom is -0.497 e. The third-order valence-electron chi connectivity index (χ3n) is 9.66. The average molecular weight is 871 g/mol. The van der Waals surface area contributed by atoms with Crippen LogP contribution in [0.15, 0.2) is 143 Å². The number of carbonyl (C=O) groups is 2. The van der Waals surface area contributed by atoms with Crippen molar-refractivity contribution in [3.05, 3.63) is 150 Å². The molecule has 0 aliphatic carbocycles. The summed E-state index contributed by atoms with van der Waals surface area (Å²) in [7, 11) is 1.65. The quantitative estimate of drug-likeness (QED) is 0.0906. The molecular weight excluding hydrogens is 829 g/mol. The molecule has 4 aromatic carbocycles. The zero-order valence-electron chi connectivity index (χ0n) is 33.1. The molecular formula is C45H42N8O3S4. The number of aromatic nitrogens is 6. The Morgan fingerprint density at radius 2 is 1.42 bits per heavy atom. The minimum absolute atomic E-state index is 0.124. The van der Waals surface area contributed by atoms with Crippen LogP contribution in [0.5, 0.6) is 5.75 Å². The van der Waals surface area contributed by atoms with E-state index >= 15 is 0 Å². The van der Waals surface area contributed by atoms with E-state index in [1.54, 1.807) is 30.2 Å². The largest absolute Gasteiger partial charge is 0.497 e. The van der Waals surface area contributed by atoms with Crippen LogP contribution in [0.4, 0.5) is 11.4 Å². The Hall–Kier alpha value is -5.61. The smallest absolute Gasteiger partial charge is 0.240 e. The van der Waals surface area contributed by atoms with Gasteiger partial charge in [-0.1, -0.05) is 102 Å². The van der Waals surface area contributed by atoms with Crippen LogP contribution >= 0.6 is 46.6 Å². The van der Waals surface area contributed by atoms with Crippen LogP contribution in [0.2, 0.25) is 0 Å². The number of amides is 2. The van der Waals surface area contributed by atoms with Crippen molar-refractivity contribution in [1.29, 1.82) is 0 Å². The first kappa shape index (κ1) is 41.1. The van der Waals surface area contributed by atoms with E-state index in [4.69, 9.17) is 4.74 Å². The first-order valence-corrected chi connectivity index (χ1v) is 22.8. The Bertz CT molecular complexity index is 2580. The Kier molecular flexibility index (Phi) is 12.9. The summed E-state index contributed by atoms with van der Waals surface area (Å²) in [4.78, 5) is 28.6. The van der Waals surface area contributed by atoms with E-state index in [-0.39, 0.29) is 22.8 Å². The molecule has 2 amide bonds. The molecule has 0 radical (unpaired) electrons. The van der Waals surface area contributed by atoms with Crippen LogP contribution in [0, 0.1) is 0 Å². The van der Waals surface area contributed by atoms with Gasteiger partial charge in [0.25, 0.3) is 0 Å². The number of nitrogens with one attached hydrogen (secondary N) is 2. The predicted octanol–water partition coefficient (Wildman–Crippen LogP) is 10.3. The van der Waals surface area contributed by atoms with Crippen LogP contribution in [-0.2, 0) is 22.7 Å². The summed E-state index contributed by atoms with van der Waals surface area (Å²) in [5.41, 5.74) is 4.65. The second-order valence-corrected chi connectivity index (χ2v) is 19.1. The first-order valence-electron chi connectivity index (χ1n) is 19.2. The number of thiophene rings is 1. The molecule has 0 bridgehead atoms. The maximum Gasteiger partial charge on any atom is 0.240 e. The Balaban J connectivity index is 0.957. The monoisotopic (exact) mass is 870 g/mol. The van der Waals surface area contributed by atoms with Gasteiger partial charge >= 0.3 is 0 Å². The van der Waals surface area contributed by atoms with E-state index in [9.17, 15) is 9.59 Å². The van der Waals surface area contributed by atoms with Crippen LogP contribution < -0.4 is 15.4 Å². The summed E-state index contributed by atoms with van der Waals surface area (Å²) >= 11 is 6.12. The van der Waals surface area contributed by atoms with Crippen LogP contribution in [0.1, 0.15) is 42.5 Å². The van der Waals surface area contributed by atoms with Crippen molar-refractivity contribution >= 4 is 69.8 Å². The fraction of sp³-hybridized carbons (Fsp3) is 0.200. The van der Waals surface area contributed by atoms with E-state index in [1.807, 2.05) is 122 Å². The highest BCUT2D eigenvalue weighted by molar-refractivity contribution is 8.02. The Morgan fingerprint density at radius 1 is 0.750 bits per heavy atom. The van der Waals surface area contributed by atoms with Crippen molar-refractivity contribution in [2.24, 2.45) is 0 Å². The van der Waals surface area contributed by atoms with Gasteiger partial charge in [-0.15, -0.1) is 43.5 Å². The SMILES string of the molecule is COc1ccc(Cn2c(SCC(=O)Nc3ccccc3)nnc2-c2ccc(-c3ccc(NC(=O)C(C)(C)Sc4nnc(C5CC=CS5)n4Cc4ccccc4)cc3)s2)cc1. The van der Waals surface area contributed by atoms with E-state index < -0.39 is 4.75 Å². The molecule has 1 aliphatic rings. The zero-order valence-corrected chi connectivity index (χ0v) is 36.4. The molecule has 7 aromatic rings. The average Bonchev–Trinajstić information content (AvgIpc) is 4.10. The molecule has 60 heavy (non-hydrogen) atoms. The van der Waals surface area contributed by atoms with Crippen molar-refractivity contribution in [2.45, 2.75) is 53.7 Å². The third kappa shape index (κ3) is 9.87. The topological polar surface area (TPSA) is 129 Å². The van der Waals surface area contributed by atoms with Crippen molar-refractivity contribution in [3.63, 3.8) is 0 Å². The van der Waals surface area contributed by atoms with Gasteiger partial charge in [-0.3, -0.25) is 14.2 Å². The molecule has 2 N–H and O–H groups in total. The van der Waals surface area contributed by atoms with Gasteiger partial charge in [0.05, 0.1) is 40.8 Å². The number of anilines is 2. The number of benzene rings is 4. The van der Waals surface area contributed by atoms with Crippen molar-refractivity contribution < 1.29 is 14.3 Å². The lowest BCUT2D eigenvalue weighted by Crippen LogP contribution is -2.34. The van der Waals surface area contributed by atoms with E-state index in [1.165, 1.54) is 23.5 Å². The highest BCUT2D eigenvalue weighted by Crippen LogP contribution is 2.41. The van der Waals surface area contributed by atoms with Gasteiger partial charge in [-0.25, -0.2) is 0 Å². The van der Waals surface area contributed by atoms with Crippen LogP contribution in [-0.4, -0.2) is 59.0 Å². The molecule has 0 saturated heterocycles. The maximum absolute atomic E-state index is 13.8. The first-order chi connectivity index (χ1) is 29.2. The molecule has 3 aromatic heterocycles. The zero-order chi connectivity index (χ0) is 41.5. The van der Waals surface area contributed by atoms with Crippen LogP contribution in [0.25, 0.3) is 21.1 Å². The third-order valence-corrected chi connectivity index (χ3v) is 14.0. The molecule has 304 valence electrons. The van der Waals surface area contributed by atoms with Gasteiger partial charge in [-0.05, 0) is 90.9 Å². The summed E-state index contributed by atoms with van der Waals surface area (Å²) in [5, 5.41) is 28.1. The number of hydrogen-bond acceptors (Lipinski definition) is 11. The van der Waals surface area contributed by atoms with Gasteiger partial charge in [0.1, 0.15) is 11.6 Å². The van der Waals surface area contributed by atoms with E-state index in [2.05, 4.69) is 65.3 Å². The van der Waals surface area contributed by atoms with E-state index in [0.717, 1.165) is 50.1 Å². The standard InChI is InChI=1S/C45H42N8O3S4/c1-45(2,60-44-51-48-40(37-15-10-26-57-37)53(44)27-30-11-6-4-7-12-30)42(55)47-34-20-18-32(19-21-34)36-24-25-38(59-36)41-49-50-43(52(41)28-31-16-22-35(56-3)23-17-31)58-29-39(54)46-33-13-8-5-9-14-33/h4-14,16-26,37H,15,27-29H2,1-3H3,(H,46,54)(H,47,55). The fourth-order valence-electron chi connectivity index (χ4n) is 6.45. The number of methoxy groups -OCH3 is 1. The number of para-hydroxylation sites is 1. The van der Waals surface area contributed by atoms with Gasteiger partial charge in [-0.2, -0.15) is 0 Å². The Labute approximate surface area is 365 Å². The van der Waals surface area contributed by atoms with Gasteiger partial charge < -0.3 is 19.9 Å². The van der Waals surface area contributed by atoms with Gasteiger partial charge in [0.15, 0.2) is 16.1 Å². The summed E-state index contributed by atoms with van der Waals surface area (Å²) in [6, 6.07) is 39.5. The normalized spacial score (nSPS) is 13.7. The number of nitrogens with zero attached hydrogens (tertiary/aromatic N) is 6. The molecule has 0 spiro atoms. The highest BCUT2D eigenvalue weighted by Gasteiger charge is 2.33. The number of thioether (sulfide) groups is 3. The van der Waals surface area contributed by atoms with E-state index in [0.29, 0.717) is 34.9 Å².